The Morgan fingerprint density at radius 2 is 1.75 bits per heavy atom. The van der Waals surface area contributed by atoms with Crippen LogP contribution in [0.5, 0.6) is 0 Å². The van der Waals surface area contributed by atoms with E-state index in [9.17, 15) is 0 Å². The van der Waals surface area contributed by atoms with Crippen LogP contribution in [-0.2, 0) is 0 Å². The molecule has 1 fully saturated rings. The molecule has 0 amide bonds. The lowest BCUT2D eigenvalue weighted by atomic mass is 10.1. The molecule has 24 heavy (non-hydrogen) atoms. The van der Waals surface area contributed by atoms with Gasteiger partial charge < -0.3 is 10.2 Å². The molecule has 0 atom stereocenters. The molecule has 1 saturated heterocycles. The Hall–Kier alpha value is -2.89. The SMILES string of the molecule is CNc1c(C)c(-c2cnc(N3CCC3)nc2)nn1-c1ccccc1. The fourth-order valence-electron chi connectivity index (χ4n) is 2.94. The summed E-state index contributed by atoms with van der Waals surface area (Å²) in [4.78, 5) is 11.2. The van der Waals surface area contributed by atoms with E-state index in [2.05, 4.69) is 27.1 Å². The van der Waals surface area contributed by atoms with Gasteiger partial charge in [-0.3, -0.25) is 0 Å². The van der Waals surface area contributed by atoms with Gasteiger partial charge in [0.2, 0.25) is 5.95 Å². The second kappa shape index (κ2) is 5.96. The first-order valence-electron chi connectivity index (χ1n) is 8.18. The van der Waals surface area contributed by atoms with Gasteiger partial charge >= 0.3 is 0 Å². The van der Waals surface area contributed by atoms with Gasteiger partial charge in [-0.2, -0.15) is 5.10 Å². The molecule has 0 saturated carbocycles. The molecule has 1 aliphatic heterocycles. The average molecular weight is 320 g/mol. The average Bonchev–Trinajstić information content (AvgIpc) is 2.91. The topological polar surface area (TPSA) is 58.9 Å². The van der Waals surface area contributed by atoms with Gasteiger partial charge in [0.15, 0.2) is 0 Å². The summed E-state index contributed by atoms with van der Waals surface area (Å²) in [5.41, 5.74) is 3.94. The van der Waals surface area contributed by atoms with Crippen LogP contribution in [0.15, 0.2) is 42.7 Å². The standard InChI is InChI=1S/C18H20N6/c1-13-16(14-11-20-18(21-12-14)23-9-6-10-23)22-24(17(13)19-2)15-7-4-3-5-8-15/h3-5,7-8,11-12,19H,6,9-10H2,1-2H3. The molecule has 122 valence electrons. The van der Waals surface area contributed by atoms with Gasteiger partial charge in [-0.05, 0) is 25.5 Å². The van der Waals surface area contributed by atoms with E-state index in [1.165, 1.54) is 6.42 Å². The summed E-state index contributed by atoms with van der Waals surface area (Å²) in [6.07, 6.45) is 4.95. The maximum Gasteiger partial charge on any atom is 0.225 e. The molecule has 3 aromatic rings. The van der Waals surface area contributed by atoms with E-state index >= 15 is 0 Å². The maximum atomic E-state index is 4.79. The first-order valence-corrected chi connectivity index (χ1v) is 8.18. The first-order chi connectivity index (χ1) is 11.8. The van der Waals surface area contributed by atoms with Crippen molar-refractivity contribution in [2.45, 2.75) is 13.3 Å². The number of nitrogens with one attached hydrogen (secondary N) is 1. The molecule has 0 unspecified atom stereocenters. The highest BCUT2D eigenvalue weighted by Crippen LogP contribution is 2.30. The fourth-order valence-corrected chi connectivity index (χ4v) is 2.94. The third kappa shape index (κ3) is 2.40. The van der Waals surface area contributed by atoms with Crippen molar-refractivity contribution in [3.63, 3.8) is 0 Å². The lowest BCUT2D eigenvalue weighted by Gasteiger charge is -2.30. The Bertz CT molecular complexity index is 834. The second-order valence-corrected chi connectivity index (χ2v) is 5.93. The Labute approximate surface area is 141 Å². The zero-order valence-electron chi connectivity index (χ0n) is 13.9. The van der Waals surface area contributed by atoms with Crippen molar-refractivity contribution in [3.05, 3.63) is 48.3 Å². The van der Waals surface area contributed by atoms with Crippen molar-refractivity contribution in [1.82, 2.24) is 19.7 Å². The zero-order valence-corrected chi connectivity index (χ0v) is 13.9. The molecule has 4 rings (SSSR count). The van der Waals surface area contributed by atoms with Crippen molar-refractivity contribution in [3.8, 4) is 16.9 Å². The van der Waals surface area contributed by atoms with Crippen LogP contribution in [0.1, 0.15) is 12.0 Å². The van der Waals surface area contributed by atoms with Crippen LogP contribution < -0.4 is 10.2 Å². The van der Waals surface area contributed by atoms with E-state index in [1.54, 1.807) is 0 Å². The molecule has 0 radical (unpaired) electrons. The molecule has 1 N–H and O–H groups in total. The molecule has 6 heteroatoms. The van der Waals surface area contributed by atoms with E-state index in [0.29, 0.717) is 0 Å². The number of aromatic nitrogens is 4. The van der Waals surface area contributed by atoms with Gasteiger partial charge in [0, 0.05) is 43.7 Å². The van der Waals surface area contributed by atoms with Crippen LogP contribution >= 0.6 is 0 Å². The van der Waals surface area contributed by atoms with Gasteiger partial charge in [0.05, 0.1) is 5.69 Å². The number of nitrogens with zero attached hydrogens (tertiary/aromatic N) is 5. The molecule has 1 aliphatic rings. The molecule has 0 bridgehead atoms. The van der Waals surface area contributed by atoms with Gasteiger partial charge in [-0.1, -0.05) is 18.2 Å². The number of benzene rings is 1. The van der Waals surface area contributed by atoms with Crippen LogP contribution in [0.2, 0.25) is 0 Å². The molecule has 3 heterocycles. The maximum absolute atomic E-state index is 4.79. The predicted octanol–water partition coefficient (Wildman–Crippen LogP) is 2.89. The molecule has 2 aromatic heterocycles. The molecular formula is C18H20N6. The van der Waals surface area contributed by atoms with Gasteiger partial charge in [0.1, 0.15) is 11.5 Å². The van der Waals surface area contributed by atoms with Crippen molar-refractivity contribution in [1.29, 1.82) is 0 Å². The number of para-hydroxylation sites is 1. The van der Waals surface area contributed by atoms with E-state index < -0.39 is 0 Å². The van der Waals surface area contributed by atoms with Crippen LogP contribution in [0.25, 0.3) is 16.9 Å². The minimum absolute atomic E-state index is 0.805. The van der Waals surface area contributed by atoms with Gasteiger partial charge in [-0.25, -0.2) is 14.6 Å². The van der Waals surface area contributed by atoms with Crippen LogP contribution in [0.3, 0.4) is 0 Å². The second-order valence-electron chi connectivity index (χ2n) is 5.93. The van der Waals surface area contributed by atoms with Crippen molar-refractivity contribution in [2.75, 3.05) is 30.4 Å². The Kier molecular flexibility index (Phi) is 3.65. The summed E-state index contributed by atoms with van der Waals surface area (Å²) in [6, 6.07) is 10.1. The monoisotopic (exact) mass is 320 g/mol. The summed E-state index contributed by atoms with van der Waals surface area (Å²) in [7, 11) is 1.91. The van der Waals surface area contributed by atoms with E-state index in [1.807, 2.05) is 54.5 Å². The van der Waals surface area contributed by atoms with E-state index in [-0.39, 0.29) is 0 Å². The van der Waals surface area contributed by atoms with Crippen molar-refractivity contribution < 1.29 is 0 Å². The Morgan fingerprint density at radius 1 is 1.04 bits per heavy atom. The summed E-state index contributed by atoms with van der Waals surface area (Å²) < 4.78 is 1.92. The number of rotatable bonds is 4. The van der Waals surface area contributed by atoms with Crippen LogP contribution in [0.4, 0.5) is 11.8 Å². The number of hydrogen-bond donors (Lipinski definition) is 1. The van der Waals surface area contributed by atoms with E-state index in [0.717, 1.165) is 47.4 Å². The zero-order chi connectivity index (χ0) is 16.5. The van der Waals surface area contributed by atoms with Crippen LogP contribution in [0, 0.1) is 6.92 Å². The predicted molar refractivity (Wildman–Crippen MR) is 95.7 cm³/mol. The summed E-state index contributed by atoms with van der Waals surface area (Å²) >= 11 is 0. The van der Waals surface area contributed by atoms with Crippen molar-refractivity contribution >= 4 is 11.8 Å². The molecule has 0 aliphatic carbocycles. The number of anilines is 2. The highest BCUT2D eigenvalue weighted by atomic mass is 15.3. The van der Waals surface area contributed by atoms with E-state index in [4.69, 9.17) is 5.10 Å². The molecule has 6 nitrogen and oxygen atoms in total. The van der Waals surface area contributed by atoms with Gasteiger partial charge in [0.25, 0.3) is 0 Å². The molecule has 0 spiro atoms. The minimum atomic E-state index is 0.805. The third-order valence-corrected chi connectivity index (χ3v) is 4.41. The fraction of sp³-hybridized carbons (Fsp3) is 0.278. The summed E-state index contributed by atoms with van der Waals surface area (Å²) in [6.45, 7) is 4.16. The smallest absolute Gasteiger partial charge is 0.225 e. The van der Waals surface area contributed by atoms with Crippen molar-refractivity contribution in [2.24, 2.45) is 0 Å². The number of hydrogen-bond acceptors (Lipinski definition) is 5. The highest BCUT2D eigenvalue weighted by Gasteiger charge is 2.19. The Morgan fingerprint density at radius 3 is 2.33 bits per heavy atom. The lowest BCUT2D eigenvalue weighted by molar-refractivity contribution is 0.600. The highest BCUT2D eigenvalue weighted by molar-refractivity contribution is 5.69. The normalized spacial score (nSPS) is 13.7. The summed E-state index contributed by atoms with van der Waals surface area (Å²) in [5.74, 6) is 1.78. The van der Waals surface area contributed by atoms with Crippen LogP contribution in [-0.4, -0.2) is 39.9 Å². The Balaban J connectivity index is 1.74. The first kappa shape index (κ1) is 14.7. The minimum Gasteiger partial charge on any atom is -0.373 e. The summed E-state index contributed by atoms with van der Waals surface area (Å²) in [5, 5.41) is 8.04. The molecular weight excluding hydrogens is 300 g/mol. The van der Waals surface area contributed by atoms with Gasteiger partial charge in [-0.15, -0.1) is 0 Å². The quantitative estimate of drug-likeness (QED) is 0.801. The lowest BCUT2D eigenvalue weighted by Crippen LogP contribution is -2.38. The largest absolute Gasteiger partial charge is 0.373 e. The third-order valence-electron chi connectivity index (χ3n) is 4.41. The molecule has 1 aromatic carbocycles.